The van der Waals surface area contributed by atoms with Crippen LogP contribution in [0.2, 0.25) is 5.15 Å². The highest BCUT2D eigenvalue weighted by Crippen LogP contribution is 2.23. The van der Waals surface area contributed by atoms with Crippen LogP contribution in [0.3, 0.4) is 0 Å². The number of rotatable bonds is 5. The average Bonchev–Trinajstić information content (AvgIpc) is 2.36. The summed E-state index contributed by atoms with van der Waals surface area (Å²) in [5, 5.41) is 22.4. The van der Waals surface area contributed by atoms with E-state index in [9.17, 15) is 15.0 Å². The summed E-state index contributed by atoms with van der Waals surface area (Å²) in [4.78, 5) is 18.9. The first kappa shape index (κ1) is 17.6. The van der Waals surface area contributed by atoms with Crippen LogP contribution >= 0.6 is 11.6 Å². The molecule has 0 fully saturated rings. The predicted octanol–water partition coefficient (Wildman–Crippen LogP) is 1.44. The average molecular weight is 318 g/mol. The number of carbonyl (C=O) groups is 1. The van der Waals surface area contributed by atoms with Crippen molar-refractivity contribution in [3.05, 3.63) is 23.2 Å². The smallest absolute Gasteiger partial charge is 0.407 e. The normalized spacial score (nSPS) is 14.4. The number of amides is 1. The van der Waals surface area contributed by atoms with E-state index in [1.54, 1.807) is 20.8 Å². The fourth-order valence-electron chi connectivity index (χ4n) is 1.53. The molecule has 1 aromatic rings. The van der Waals surface area contributed by atoms with Gasteiger partial charge in [0.15, 0.2) is 0 Å². The number of alkyl carbamates (subject to hydrolysis) is 1. The predicted molar refractivity (Wildman–Crippen MR) is 76.9 cm³/mol. The molecular formula is C13H20ClN3O4. The second-order valence-electron chi connectivity index (χ2n) is 5.50. The maximum absolute atomic E-state index is 11.4. The molecule has 0 saturated heterocycles. The van der Waals surface area contributed by atoms with Crippen molar-refractivity contribution >= 4 is 17.7 Å². The molecular weight excluding hydrogens is 298 g/mol. The molecule has 8 heteroatoms. The van der Waals surface area contributed by atoms with Crippen molar-refractivity contribution in [1.82, 2.24) is 15.3 Å². The van der Waals surface area contributed by atoms with Crippen LogP contribution in [-0.2, 0) is 4.74 Å². The molecule has 0 aliphatic heterocycles. The Labute approximate surface area is 128 Å². The maximum Gasteiger partial charge on any atom is 0.407 e. The van der Waals surface area contributed by atoms with Gasteiger partial charge in [-0.15, -0.1) is 0 Å². The van der Waals surface area contributed by atoms with Crippen LogP contribution < -0.4 is 5.32 Å². The van der Waals surface area contributed by atoms with Crippen molar-refractivity contribution in [2.75, 3.05) is 6.54 Å². The van der Waals surface area contributed by atoms with E-state index in [0.717, 1.165) is 0 Å². The Balaban J connectivity index is 2.42. The number of nitrogens with zero attached hydrogens (tertiary/aromatic N) is 2. The van der Waals surface area contributed by atoms with E-state index >= 15 is 0 Å². The van der Waals surface area contributed by atoms with Crippen molar-refractivity contribution in [3.8, 4) is 0 Å². The summed E-state index contributed by atoms with van der Waals surface area (Å²) in [7, 11) is 0. The molecule has 2 atom stereocenters. The Hall–Kier alpha value is -1.44. The van der Waals surface area contributed by atoms with Gasteiger partial charge in [-0.2, -0.15) is 0 Å². The molecule has 1 aromatic heterocycles. The molecule has 0 aromatic carbocycles. The van der Waals surface area contributed by atoms with E-state index in [1.165, 1.54) is 12.5 Å². The largest absolute Gasteiger partial charge is 0.444 e. The fourth-order valence-corrected chi connectivity index (χ4v) is 1.73. The monoisotopic (exact) mass is 317 g/mol. The van der Waals surface area contributed by atoms with Crippen molar-refractivity contribution < 1.29 is 19.7 Å². The zero-order valence-electron chi connectivity index (χ0n) is 12.2. The number of hydrogen-bond acceptors (Lipinski definition) is 6. The van der Waals surface area contributed by atoms with Crippen molar-refractivity contribution in [2.24, 2.45) is 0 Å². The first-order valence-corrected chi connectivity index (χ1v) is 6.87. The summed E-state index contributed by atoms with van der Waals surface area (Å²) in [5.74, 6) is 0. The fraction of sp³-hybridized carbons (Fsp3) is 0.615. The molecule has 0 saturated carbocycles. The number of aliphatic hydroxyl groups excluding tert-OH is 2. The van der Waals surface area contributed by atoms with Crippen LogP contribution in [0.5, 0.6) is 0 Å². The first-order chi connectivity index (χ1) is 9.70. The van der Waals surface area contributed by atoms with Gasteiger partial charge in [-0.05, 0) is 27.2 Å². The number of carbonyl (C=O) groups excluding carboxylic acids is 1. The van der Waals surface area contributed by atoms with Crippen LogP contribution in [0.4, 0.5) is 4.79 Å². The highest BCUT2D eigenvalue weighted by molar-refractivity contribution is 6.30. The summed E-state index contributed by atoms with van der Waals surface area (Å²) >= 11 is 5.81. The Morgan fingerprint density at radius 1 is 1.48 bits per heavy atom. The number of aliphatic hydroxyl groups is 2. The molecule has 7 nitrogen and oxygen atoms in total. The van der Waals surface area contributed by atoms with E-state index < -0.39 is 23.9 Å². The molecule has 0 radical (unpaired) electrons. The zero-order chi connectivity index (χ0) is 16.0. The molecule has 3 N–H and O–H groups in total. The molecule has 1 heterocycles. The summed E-state index contributed by atoms with van der Waals surface area (Å²) < 4.78 is 5.05. The maximum atomic E-state index is 11.4. The molecule has 1 rings (SSSR count). The van der Waals surface area contributed by atoms with Crippen molar-refractivity contribution in [3.63, 3.8) is 0 Å². The van der Waals surface area contributed by atoms with E-state index in [0.29, 0.717) is 0 Å². The second-order valence-corrected chi connectivity index (χ2v) is 5.86. The second kappa shape index (κ2) is 7.53. The summed E-state index contributed by atoms with van der Waals surface area (Å²) in [6.07, 6.45) is -0.196. The van der Waals surface area contributed by atoms with E-state index in [-0.39, 0.29) is 23.7 Å². The standard InChI is InChI=1S/C13H20ClN3O4/c1-13(2,3)21-12(20)16-5-4-9(18)10(19)8-6-15-7-17-11(8)14/h6-7,9-10,18-19H,4-5H2,1-3H3,(H,16,20). The molecule has 0 spiro atoms. The lowest BCUT2D eigenvalue weighted by Crippen LogP contribution is -2.34. The highest BCUT2D eigenvalue weighted by Gasteiger charge is 2.22. The van der Waals surface area contributed by atoms with Crippen LogP contribution in [0.1, 0.15) is 38.9 Å². The van der Waals surface area contributed by atoms with Gasteiger partial charge in [0.25, 0.3) is 0 Å². The van der Waals surface area contributed by atoms with Gasteiger partial charge in [-0.3, -0.25) is 0 Å². The van der Waals surface area contributed by atoms with Crippen molar-refractivity contribution in [2.45, 2.75) is 45.0 Å². The van der Waals surface area contributed by atoms with Crippen LogP contribution in [0, 0.1) is 0 Å². The number of aromatic nitrogens is 2. The van der Waals surface area contributed by atoms with Crippen LogP contribution in [0.25, 0.3) is 0 Å². The molecule has 0 aliphatic carbocycles. The van der Waals surface area contributed by atoms with Gasteiger partial charge in [0.2, 0.25) is 0 Å². The molecule has 2 unspecified atom stereocenters. The lowest BCUT2D eigenvalue weighted by Gasteiger charge is -2.21. The summed E-state index contributed by atoms with van der Waals surface area (Å²) in [5.41, 5.74) is -0.346. The molecule has 1 amide bonds. The van der Waals surface area contributed by atoms with Crippen LogP contribution in [-0.4, -0.2) is 44.5 Å². The minimum absolute atomic E-state index is 0.0802. The van der Waals surface area contributed by atoms with Gasteiger partial charge in [-0.25, -0.2) is 14.8 Å². The summed E-state index contributed by atoms with van der Waals surface area (Å²) in [6.45, 7) is 5.41. The topological polar surface area (TPSA) is 105 Å². The first-order valence-electron chi connectivity index (χ1n) is 6.49. The third-order valence-electron chi connectivity index (χ3n) is 2.48. The Bertz CT molecular complexity index is 479. The zero-order valence-corrected chi connectivity index (χ0v) is 13.0. The van der Waals surface area contributed by atoms with Crippen LogP contribution in [0.15, 0.2) is 12.5 Å². The Morgan fingerprint density at radius 2 is 2.14 bits per heavy atom. The Kier molecular flexibility index (Phi) is 6.32. The van der Waals surface area contributed by atoms with E-state index in [4.69, 9.17) is 16.3 Å². The molecule has 21 heavy (non-hydrogen) atoms. The van der Waals surface area contributed by atoms with E-state index in [1.807, 2.05) is 0 Å². The number of hydrogen-bond donors (Lipinski definition) is 3. The number of halogens is 1. The van der Waals surface area contributed by atoms with Gasteiger partial charge in [-0.1, -0.05) is 11.6 Å². The highest BCUT2D eigenvalue weighted by atomic mass is 35.5. The van der Waals surface area contributed by atoms with Crippen molar-refractivity contribution in [1.29, 1.82) is 0 Å². The third kappa shape index (κ3) is 6.24. The quantitative estimate of drug-likeness (QED) is 0.710. The van der Waals surface area contributed by atoms with Gasteiger partial charge in [0, 0.05) is 18.3 Å². The third-order valence-corrected chi connectivity index (χ3v) is 2.80. The Morgan fingerprint density at radius 3 is 2.71 bits per heavy atom. The number of nitrogens with one attached hydrogen (secondary N) is 1. The molecule has 0 bridgehead atoms. The number of ether oxygens (including phenoxy) is 1. The minimum Gasteiger partial charge on any atom is -0.444 e. The van der Waals surface area contributed by atoms with Gasteiger partial charge < -0.3 is 20.3 Å². The molecule has 0 aliphatic rings. The van der Waals surface area contributed by atoms with Gasteiger partial charge in [0.05, 0.1) is 6.10 Å². The summed E-state index contributed by atoms with van der Waals surface area (Å²) in [6, 6.07) is 0. The SMILES string of the molecule is CC(C)(C)OC(=O)NCCC(O)C(O)c1cncnc1Cl. The minimum atomic E-state index is -1.22. The molecule has 118 valence electrons. The lowest BCUT2D eigenvalue weighted by atomic mass is 10.1. The lowest BCUT2D eigenvalue weighted by molar-refractivity contribution is 0.0120. The van der Waals surface area contributed by atoms with E-state index in [2.05, 4.69) is 15.3 Å². The van der Waals surface area contributed by atoms with Gasteiger partial charge >= 0.3 is 6.09 Å². The van der Waals surface area contributed by atoms with Gasteiger partial charge in [0.1, 0.15) is 23.2 Å².